The van der Waals surface area contributed by atoms with E-state index in [0.717, 1.165) is 18.8 Å². The van der Waals surface area contributed by atoms with Gasteiger partial charge in [-0.25, -0.2) is 9.97 Å². The lowest BCUT2D eigenvalue weighted by Gasteiger charge is -2.25. The molecular weight excluding hydrogens is 236 g/mol. The van der Waals surface area contributed by atoms with Crippen molar-refractivity contribution in [3.8, 4) is 0 Å². The average molecular weight is 252 g/mol. The highest BCUT2D eigenvalue weighted by atomic mass is 15.6. The van der Waals surface area contributed by atoms with Crippen molar-refractivity contribution in [1.29, 1.82) is 0 Å². The number of aromatic nitrogens is 3. The highest BCUT2D eigenvalue weighted by Gasteiger charge is 2.11. The maximum atomic E-state index is 4.35. The fourth-order valence-electron chi connectivity index (χ4n) is 2.26. The van der Waals surface area contributed by atoms with Crippen LogP contribution in [0.15, 0.2) is 55.1 Å². The molecule has 1 aromatic carbocycles. The molecule has 0 spiro atoms. The van der Waals surface area contributed by atoms with Gasteiger partial charge in [0, 0.05) is 30.4 Å². The first-order valence-corrected chi connectivity index (χ1v) is 6.50. The first-order valence-electron chi connectivity index (χ1n) is 6.50. The molecule has 2 aromatic heterocycles. The van der Waals surface area contributed by atoms with Crippen LogP contribution in [0, 0.1) is 0 Å². The van der Waals surface area contributed by atoms with Gasteiger partial charge < -0.3 is 0 Å². The van der Waals surface area contributed by atoms with Crippen LogP contribution in [0.25, 0.3) is 10.9 Å². The molecule has 3 aromatic rings. The van der Waals surface area contributed by atoms with Crippen LogP contribution in [-0.2, 0) is 0 Å². The van der Waals surface area contributed by atoms with Crippen molar-refractivity contribution in [2.45, 2.75) is 13.3 Å². The smallest absolute Gasteiger partial charge is 0.150 e. The molecule has 4 nitrogen and oxygen atoms in total. The maximum Gasteiger partial charge on any atom is 0.150 e. The largest absolute Gasteiger partial charge is 0.264 e. The summed E-state index contributed by atoms with van der Waals surface area (Å²) in [5.41, 5.74) is 1.19. The highest BCUT2D eigenvalue weighted by molar-refractivity contribution is 5.80. The van der Waals surface area contributed by atoms with Crippen LogP contribution in [0.1, 0.15) is 13.3 Å². The number of para-hydroxylation sites is 1. The van der Waals surface area contributed by atoms with Crippen LogP contribution < -0.4 is 5.01 Å². The number of hydrogen-bond donors (Lipinski definition) is 0. The van der Waals surface area contributed by atoms with Crippen molar-refractivity contribution in [3.63, 3.8) is 0 Å². The van der Waals surface area contributed by atoms with Gasteiger partial charge in [0.15, 0.2) is 5.82 Å². The Hall–Kier alpha value is -2.36. The summed E-state index contributed by atoms with van der Waals surface area (Å²) in [4.78, 5) is 8.34. The van der Waals surface area contributed by atoms with Crippen LogP contribution in [-0.4, -0.2) is 21.2 Å². The standard InChI is InChI=1S/C15H16N4/c1-2-10-19(15-7-9-16-12-17-15)18-11-8-13-5-3-4-6-14(13)18/h3-9,11-12H,2,10H2,1H3. The number of anilines is 1. The molecule has 19 heavy (non-hydrogen) atoms. The Morgan fingerprint density at radius 3 is 2.84 bits per heavy atom. The Kier molecular flexibility index (Phi) is 3.14. The minimum atomic E-state index is 0.912. The monoisotopic (exact) mass is 252 g/mol. The summed E-state index contributed by atoms with van der Waals surface area (Å²) >= 11 is 0. The molecule has 0 amide bonds. The third-order valence-electron chi connectivity index (χ3n) is 3.11. The topological polar surface area (TPSA) is 34.0 Å². The first kappa shape index (κ1) is 11.7. The van der Waals surface area contributed by atoms with Gasteiger partial charge in [-0.2, -0.15) is 0 Å². The van der Waals surface area contributed by atoms with E-state index in [1.807, 2.05) is 6.07 Å². The molecule has 4 heteroatoms. The van der Waals surface area contributed by atoms with E-state index in [1.165, 1.54) is 10.9 Å². The van der Waals surface area contributed by atoms with Gasteiger partial charge in [0.1, 0.15) is 6.33 Å². The summed E-state index contributed by atoms with van der Waals surface area (Å²) in [6, 6.07) is 12.4. The summed E-state index contributed by atoms with van der Waals surface area (Å²) in [7, 11) is 0. The molecule has 3 rings (SSSR count). The van der Waals surface area contributed by atoms with Crippen LogP contribution in [0.3, 0.4) is 0 Å². The lowest BCUT2D eigenvalue weighted by atomic mass is 10.2. The molecule has 0 aliphatic rings. The van der Waals surface area contributed by atoms with Crippen molar-refractivity contribution in [2.24, 2.45) is 0 Å². The van der Waals surface area contributed by atoms with Crippen molar-refractivity contribution in [1.82, 2.24) is 14.6 Å². The summed E-state index contributed by atoms with van der Waals surface area (Å²) in [5.74, 6) is 0.915. The molecule has 0 bridgehead atoms. The molecule has 96 valence electrons. The van der Waals surface area contributed by atoms with Gasteiger partial charge in [0.05, 0.1) is 5.52 Å². The van der Waals surface area contributed by atoms with E-state index < -0.39 is 0 Å². The zero-order valence-electron chi connectivity index (χ0n) is 10.9. The van der Waals surface area contributed by atoms with Gasteiger partial charge in [-0.05, 0) is 18.6 Å². The fourth-order valence-corrected chi connectivity index (χ4v) is 2.26. The van der Waals surface area contributed by atoms with Crippen molar-refractivity contribution in [3.05, 3.63) is 55.1 Å². The SMILES string of the molecule is CCCN(c1ccncn1)n1ccc2ccccc21. The van der Waals surface area contributed by atoms with E-state index in [1.54, 1.807) is 12.5 Å². The second-order valence-electron chi connectivity index (χ2n) is 4.41. The predicted molar refractivity (Wildman–Crippen MR) is 77.0 cm³/mol. The van der Waals surface area contributed by atoms with Crippen molar-refractivity contribution >= 4 is 16.7 Å². The Morgan fingerprint density at radius 1 is 1.16 bits per heavy atom. The number of hydrogen-bond acceptors (Lipinski definition) is 3. The second-order valence-corrected chi connectivity index (χ2v) is 4.41. The van der Waals surface area contributed by atoms with Crippen LogP contribution in [0.5, 0.6) is 0 Å². The third kappa shape index (κ3) is 2.17. The van der Waals surface area contributed by atoms with Gasteiger partial charge in [-0.15, -0.1) is 0 Å². The number of rotatable bonds is 4. The minimum absolute atomic E-state index is 0.912. The van der Waals surface area contributed by atoms with E-state index in [2.05, 4.69) is 63.1 Å². The average Bonchev–Trinajstić information content (AvgIpc) is 2.89. The summed E-state index contributed by atoms with van der Waals surface area (Å²) in [6.45, 7) is 3.08. The van der Waals surface area contributed by atoms with E-state index >= 15 is 0 Å². The highest BCUT2D eigenvalue weighted by Crippen LogP contribution is 2.19. The molecular formula is C15H16N4. The normalized spacial score (nSPS) is 10.8. The lowest BCUT2D eigenvalue weighted by Crippen LogP contribution is -2.30. The second kappa shape index (κ2) is 5.10. The maximum absolute atomic E-state index is 4.35. The Bertz CT molecular complexity index is 660. The molecule has 0 saturated carbocycles. The lowest BCUT2D eigenvalue weighted by molar-refractivity contribution is 0.684. The first-order chi connectivity index (χ1) is 9.40. The van der Waals surface area contributed by atoms with Crippen LogP contribution in [0.4, 0.5) is 5.82 Å². The van der Waals surface area contributed by atoms with E-state index in [9.17, 15) is 0 Å². The number of fused-ring (bicyclic) bond motifs is 1. The molecule has 0 radical (unpaired) electrons. The quantitative estimate of drug-likeness (QED) is 0.715. The predicted octanol–water partition coefficient (Wildman–Crippen LogP) is 3.11. The summed E-state index contributed by atoms with van der Waals surface area (Å²) in [6.07, 6.45) is 6.50. The number of benzene rings is 1. The third-order valence-corrected chi connectivity index (χ3v) is 3.11. The van der Waals surface area contributed by atoms with Crippen LogP contribution >= 0.6 is 0 Å². The molecule has 0 fully saturated rings. The zero-order chi connectivity index (χ0) is 13.1. The molecule has 0 atom stereocenters. The molecule has 2 heterocycles. The Balaban J connectivity index is 2.10. The van der Waals surface area contributed by atoms with Gasteiger partial charge in [-0.3, -0.25) is 9.69 Å². The molecule has 0 aliphatic heterocycles. The molecule has 0 unspecified atom stereocenters. The molecule has 0 aliphatic carbocycles. The van der Waals surface area contributed by atoms with E-state index in [-0.39, 0.29) is 0 Å². The van der Waals surface area contributed by atoms with Crippen molar-refractivity contribution < 1.29 is 0 Å². The van der Waals surface area contributed by atoms with Gasteiger partial charge in [0.25, 0.3) is 0 Å². The fraction of sp³-hybridized carbons (Fsp3) is 0.200. The summed E-state index contributed by atoms with van der Waals surface area (Å²) in [5, 5.41) is 3.40. The van der Waals surface area contributed by atoms with E-state index in [0.29, 0.717) is 0 Å². The van der Waals surface area contributed by atoms with Crippen molar-refractivity contribution in [2.75, 3.05) is 11.6 Å². The van der Waals surface area contributed by atoms with Gasteiger partial charge in [0.2, 0.25) is 0 Å². The zero-order valence-corrected chi connectivity index (χ0v) is 10.9. The summed E-state index contributed by atoms with van der Waals surface area (Å²) < 4.78 is 2.15. The number of nitrogens with zero attached hydrogens (tertiary/aromatic N) is 4. The van der Waals surface area contributed by atoms with Crippen LogP contribution in [0.2, 0.25) is 0 Å². The van der Waals surface area contributed by atoms with E-state index in [4.69, 9.17) is 0 Å². The Morgan fingerprint density at radius 2 is 2.05 bits per heavy atom. The minimum Gasteiger partial charge on any atom is -0.264 e. The van der Waals surface area contributed by atoms with Gasteiger partial charge >= 0.3 is 0 Å². The van der Waals surface area contributed by atoms with Gasteiger partial charge in [-0.1, -0.05) is 25.1 Å². The Labute approximate surface area is 112 Å². The molecule has 0 saturated heterocycles. The molecule has 0 N–H and O–H groups in total.